The molecule has 7 heteroatoms. The Hall–Kier alpha value is -1.89. The van der Waals surface area contributed by atoms with E-state index in [1.807, 2.05) is 13.8 Å². The van der Waals surface area contributed by atoms with Gasteiger partial charge in [0.2, 0.25) is 0 Å². The van der Waals surface area contributed by atoms with Gasteiger partial charge in [-0.25, -0.2) is 9.67 Å². The first kappa shape index (κ1) is 15.5. The molecule has 0 radical (unpaired) electrons. The summed E-state index contributed by atoms with van der Waals surface area (Å²) >= 11 is 0. The lowest BCUT2D eigenvalue weighted by molar-refractivity contribution is -0.139. The summed E-state index contributed by atoms with van der Waals surface area (Å²) in [6.07, 6.45) is -4.48. The van der Waals surface area contributed by atoms with Gasteiger partial charge in [0.25, 0.3) is 0 Å². The first-order valence-corrected chi connectivity index (χ1v) is 6.53. The van der Waals surface area contributed by atoms with E-state index < -0.39 is 17.8 Å². The molecule has 21 heavy (non-hydrogen) atoms. The van der Waals surface area contributed by atoms with Gasteiger partial charge in [0.1, 0.15) is 12.2 Å². The van der Waals surface area contributed by atoms with Crippen LogP contribution in [0.2, 0.25) is 0 Å². The molecule has 1 unspecified atom stereocenters. The Balaban J connectivity index is 2.29. The SMILES string of the molecule is CC(C)n1ncnc1CC(O)c1ccccc1C(F)(F)F. The zero-order valence-corrected chi connectivity index (χ0v) is 11.7. The lowest BCUT2D eigenvalue weighted by Gasteiger charge is -2.18. The van der Waals surface area contributed by atoms with Crippen LogP contribution in [0.1, 0.15) is 42.9 Å². The lowest BCUT2D eigenvalue weighted by Crippen LogP contribution is -2.16. The Bertz CT molecular complexity index is 608. The molecule has 0 aliphatic heterocycles. The maximum atomic E-state index is 13.0. The Labute approximate surface area is 120 Å². The van der Waals surface area contributed by atoms with Crippen molar-refractivity contribution in [3.63, 3.8) is 0 Å². The van der Waals surface area contributed by atoms with Crippen LogP contribution in [-0.2, 0) is 12.6 Å². The van der Waals surface area contributed by atoms with Gasteiger partial charge >= 0.3 is 6.18 Å². The third kappa shape index (κ3) is 3.41. The number of halogens is 3. The van der Waals surface area contributed by atoms with Gasteiger partial charge < -0.3 is 5.11 Å². The first-order valence-electron chi connectivity index (χ1n) is 6.53. The number of aliphatic hydroxyl groups is 1. The highest BCUT2D eigenvalue weighted by atomic mass is 19.4. The summed E-state index contributed by atoms with van der Waals surface area (Å²) in [4.78, 5) is 4.01. The molecule has 2 rings (SSSR count). The second kappa shape index (κ2) is 5.85. The summed E-state index contributed by atoms with van der Waals surface area (Å²) in [6, 6.07) is 5.04. The molecule has 1 aromatic heterocycles. The van der Waals surface area contributed by atoms with Crippen molar-refractivity contribution < 1.29 is 18.3 Å². The topological polar surface area (TPSA) is 50.9 Å². The molecule has 114 valence electrons. The van der Waals surface area contributed by atoms with Gasteiger partial charge in [-0.05, 0) is 25.5 Å². The molecule has 0 spiro atoms. The fourth-order valence-corrected chi connectivity index (χ4v) is 2.18. The quantitative estimate of drug-likeness (QED) is 0.943. The molecule has 0 aliphatic carbocycles. The minimum atomic E-state index is -4.50. The van der Waals surface area contributed by atoms with Gasteiger partial charge in [0, 0.05) is 12.5 Å². The van der Waals surface area contributed by atoms with Crippen molar-refractivity contribution in [1.29, 1.82) is 0 Å². The number of aliphatic hydroxyl groups excluding tert-OH is 1. The van der Waals surface area contributed by atoms with Crippen LogP contribution in [0.4, 0.5) is 13.2 Å². The summed E-state index contributed by atoms with van der Waals surface area (Å²) in [6.45, 7) is 3.77. The van der Waals surface area contributed by atoms with Crippen molar-refractivity contribution in [2.45, 2.75) is 38.6 Å². The predicted molar refractivity (Wildman–Crippen MR) is 70.5 cm³/mol. The summed E-state index contributed by atoms with van der Waals surface area (Å²) in [5, 5.41) is 14.2. The molecule has 0 aliphatic rings. The Morgan fingerprint density at radius 3 is 2.52 bits per heavy atom. The number of alkyl halides is 3. The molecule has 0 amide bonds. The highest BCUT2D eigenvalue weighted by Gasteiger charge is 2.34. The minimum absolute atomic E-state index is 0.0209. The summed E-state index contributed by atoms with van der Waals surface area (Å²) in [5.74, 6) is 0.453. The molecule has 1 N–H and O–H groups in total. The van der Waals surface area contributed by atoms with Gasteiger partial charge in [-0.3, -0.25) is 0 Å². The molecular formula is C14H16F3N3O. The number of aromatic nitrogens is 3. The van der Waals surface area contributed by atoms with E-state index in [4.69, 9.17) is 0 Å². The van der Waals surface area contributed by atoms with Crippen molar-refractivity contribution in [1.82, 2.24) is 14.8 Å². The largest absolute Gasteiger partial charge is 0.416 e. The Morgan fingerprint density at radius 2 is 1.90 bits per heavy atom. The molecule has 4 nitrogen and oxygen atoms in total. The van der Waals surface area contributed by atoms with E-state index in [1.165, 1.54) is 24.5 Å². The van der Waals surface area contributed by atoms with E-state index in [1.54, 1.807) is 4.68 Å². The fraction of sp³-hybridized carbons (Fsp3) is 0.429. The van der Waals surface area contributed by atoms with Gasteiger partial charge in [-0.15, -0.1) is 0 Å². The van der Waals surface area contributed by atoms with Crippen LogP contribution in [0, 0.1) is 0 Å². The van der Waals surface area contributed by atoms with Crippen molar-refractivity contribution in [2.24, 2.45) is 0 Å². The van der Waals surface area contributed by atoms with Gasteiger partial charge in [-0.1, -0.05) is 18.2 Å². The second-order valence-electron chi connectivity index (χ2n) is 5.02. The van der Waals surface area contributed by atoms with Crippen LogP contribution in [0.3, 0.4) is 0 Å². The average Bonchev–Trinajstić information content (AvgIpc) is 2.86. The normalized spacial score (nSPS) is 13.7. The fourth-order valence-electron chi connectivity index (χ4n) is 2.18. The standard InChI is InChI=1S/C14H16F3N3O/c1-9(2)20-13(18-8-19-20)7-12(21)10-5-3-4-6-11(10)14(15,16)17/h3-6,8-9,12,21H,7H2,1-2H3. The first-order chi connectivity index (χ1) is 9.80. The monoisotopic (exact) mass is 299 g/mol. The van der Waals surface area contributed by atoms with Crippen LogP contribution in [0.5, 0.6) is 0 Å². The number of hydrogen-bond donors (Lipinski definition) is 1. The van der Waals surface area contributed by atoms with Crippen LogP contribution >= 0.6 is 0 Å². The molecule has 1 atom stereocenters. The number of nitrogens with zero attached hydrogens (tertiary/aromatic N) is 3. The molecular weight excluding hydrogens is 283 g/mol. The van der Waals surface area contributed by atoms with E-state index in [9.17, 15) is 18.3 Å². The molecule has 0 saturated heterocycles. The second-order valence-corrected chi connectivity index (χ2v) is 5.02. The highest BCUT2D eigenvalue weighted by Crippen LogP contribution is 2.35. The summed E-state index contributed by atoms with van der Waals surface area (Å²) in [7, 11) is 0. The zero-order valence-electron chi connectivity index (χ0n) is 11.7. The number of rotatable bonds is 4. The van der Waals surface area contributed by atoms with Crippen LogP contribution in [0.25, 0.3) is 0 Å². The lowest BCUT2D eigenvalue weighted by atomic mass is 9.99. The summed E-state index contributed by atoms with van der Waals surface area (Å²) < 4.78 is 40.4. The highest BCUT2D eigenvalue weighted by molar-refractivity contribution is 5.31. The molecule has 1 heterocycles. The van der Waals surface area contributed by atoms with Gasteiger partial charge in [0.15, 0.2) is 0 Å². The molecule has 0 saturated carbocycles. The third-order valence-electron chi connectivity index (χ3n) is 3.14. The van der Waals surface area contributed by atoms with E-state index in [-0.39, 0.29) is 18.0 Å². The maximum Gasteiger partial charge on any atom is 0.416 e. The third-order valence-corrected chi connectivity index (χ3v) is 3.14. The van der Waals surface area contributed by atoms with E-state index >= 15 is 0 Å². The van der Waals surface area contributed by atoms with E-state index in [0.29, 0.717) is 5.82 Å². The van der Waals surface area contributed by atoms with Crippen molar-refractivity contribution in [2.75, 3.05) is 0 Å². The smallest absolute Gasteiger partial charge is 0.388 e. The number of benzene rings is 1. The molecule has 0 bridgehead atoms. The maximum absolute atomic E-state index is 13.0. The minimum Gasteiger partial charge on any atom is -0.388 e. The predicted octanol–water partition coefficient (Wildman–Crippen LogP) is 3.15. The molecule has 0 fully saturated rings. The summed E-state index contributed by atoms with van der Waals surface area (Å²) in [5.41, 5.74) is -0.976. The Kier molecular flexibility index (Phi) is 4.32. The number of hydrogen-bond acceptors (Lipinski definition) is 3. The molecule has 1 aromatic carbocycles. The Morgan fingerprint density at radius 1 is 1.24 bits per heavy atom. The van der Waals surface area contributed by atoms with E-state index in [0.717, 1.165) is 6.07 Å². The molecule has 2 aromatic rings. The van der Waals surface area contributed by atoms with Crippen molar-refractivity contribution in [3.05, 3.63) is 47.5 Å². The van der Waals surface area contributed by atoms with Crippen LogP contribution in [-0.4, -0.2) is 19.9 Å². The average molecular weight is 299 g/mol. The van der Waals surface area contributed by atoms with Crippen LogP contribution < -0.4 is 0 Å². The van der Waals surface area contributed by atoms with E-state index in [2.05, 4.69) is 10.1 Å². The van der Waals surface area contributed by atoms with Crippen molar-refractivity contribution in [3.8, 4) is 0 Å². The van der Waals surface area contributed by atoms with Crippen LogP contribution in [0.15, 0.2) is 30.6 Å². The van der Waals surface area contributed by atoms with Crippen molar-refractivity contribution >= 4 is 0 Å². The zero-order chi connectivity index (χ0) is 15.6. The van der Waals surface area contributed by atoms with Gasteiger partial charge in [0.05, 0.1) is 11.7 Å². The van der Waals surface area contributed by atoms with Gasteiger partial charge in [-0.2, -0.15) is 18.3 Å².